The van der Waals surface area contributed by atoms with Crippen LogP contribution in [0.2, 0.25) is 0 Å². The van der Waals surface area contributed by atoms with Crippen molar-refractivity contribution in [2.75, 3.05) is 11.9 Å². The van der Waals surface area contributed by atoms with Gasteiger partial charge in [0.05, 0.1) is 5.71 Å². The Balaban J connectivity index is 2.54. The van der Waals surface area contributed by atoms with E-state index in [4.69, 9.17) is 4.84 Å². The maximum atomic E-state index is 11.7. The molecule has 0 heterocycles. The Labute approximate surface area is 137 Å². The molecule has 0 saturated carbocycles. The lowest BCUT2D eigenvalue weighted by Crippen LogP contribution is -2.44. The van der Waals surface area contributed by atoms with Crippen molar-refractivity contribution in [1.29, 1.82) is 0 Å². The maximum absolute atomic E-state index is 11.7. The Morgan fingerprint density at radius 2 is 1.78 bits per heavy atom. The molecular formula is C17H25N3O3. The van der Waals surface area contributed by atoms with Crippen LogP contribution in [-0.4, -0.2) is 29.7 Å². The van der Waals surface area contributed by atoms with E-state index in [2.05, 4.69) is 15.8 Å². The fourth-order valence-corrected chi connectivity index (χ4v) is 1.74. The molecule has 0 spiro atoms. The molecule has 0 aromatic heterocycles. The number of nitrogens with one attached hydrogen (secondary N) is 2. The predicted octanol–water partition coefficient (Wildman–Crippen LogP) is 2.69. The van der Waals surface area contributed by atoms with E-state index in [0.29, 0.717) is 5.71 Å². The van der Waals surface area contributed by atoms with Crippen molar-refractivity contribution in [1.82, 2.24) is 5.32 Å². The fraction of sp³-hybridized carbons (Fsp3) is 0.471. The van der Waals surface area contributed by atoms with Crippen LogP contribution in [0.5, 0.6) is 0 Å². The van der Waals surface area contributed by atoms with Gasteiger partial charge in [-0.2, -0.15) is 0 Å². The predicted molar refractivity (Wildman–Crippen MR) is 91.4 cm³/mol. The zero-order valence-electron chi connectivity index (χ0n) is 14.4. The van der Waals surface area contributed by atoms with Crippen LogP contribution in [0.1, 0.15) is 46.6 Å². The first-order chi connectivity index (χ1) is 10.7. The molecule has 23 heavy (non-hydrogen) atoms. The van der Waals surface area contributed by atoms with E-state index in [1.807, 2.05) is 32.9 Å². The molecule has 0 radical (unpaired) electrons. The molecule has 126 valence electrons. The fourth-order valence-electron chi connectivity index (χ4n) is 1.74. The highest BCUT2D eigenvalue weighted by atomic mass is 16.6. The van der Waals surface area contributed by atoms with Gasteiger partial charge in [-0.15, -0.1) is 0 Å². The summed E-state index contributed by atoms with van der Waals surface area (Å²) >= 11 is 0. The van der Waals surface area contributed by atoms with Gasteiger partial charge in [0, 0.05) is 18.2 Å². The van der Waals surface area contributed by atoms with Crippen molar-refractivity contribution < 1.29 is 14.4 Å². The molecule has 6 nitrogen and oxygen atoms in total. The number of hydrogen-bond donors (Lipinski definition) is 2. The van der Waals surface area contributed by atoms with E-state index in [1.165, 1.54) is 6.92 Å². The number of benzene rings is 1. The summed E-state index contributed by atoms with van der Waals surface area (Å²) in [6.45, 7) is 9.05. The monoisotopic (exact) mass is 319 g/mol. The Morgan fingerprint density at radius 3 is 2.30 bits per heavy atom. The summed E-state index contributed by atoms with van der Waals surface area (Å²) in [7, 11) is 0. The third kappa shape index (κ3) is 6.95. The molecular weight excluding hydrogens is 294 g/mol. The van der Waals surface area contributed by atoms with Gasteiger partial charge in [0.1, 0.15) is 0 Å². The average molecular weight is 319 g/mol. The lowest BCUT2D eigenvalue weighted by atomic mass is 10.0. The number of anilines is 1. The van der Waals surface area contributed by atoms with Crippen LogP contribution in [0.4, 0.5) is 5.69 Å². The first kappa shape index (κ1) is 18.7. The Bertz CT molecular complexity index is 577. The van der Waals surface area contributed by atoms with Crippen molar-refractivity contribution in [2.24, 2.45) is 5.16 Å². The summed E-state index contributed by atoms with van der Waals surface area (Å²) in [6, 6.07) is 7.22. The molecule has 1 rings (SSSR count). The lowest BCUT2D eigenvalue weighted by Gasteiger charge is -2.23. The minimum atomic E-state index is -0.251. The Hall–Kier alpha value is -2.37. The van der Waals surface area contributed by atoms with Gasteiger partial charge in [-0.1, -0.05) is 24.2 Å². The molecule has 0 bridgehead atoms. The Kier molecular flexibility index (Phi) is 6.75. The van der Waals surface area contributed by atoms with Crippen LogP contribution in [0.15, 0.2) is 29.4 Å². The van der Waals surface area contributed by atoms with Gasteiger partial charge in [0.25, 0.3) is 5.91 Å². The molecule has 0 atom stereocenters. The van der Waals surface area contributed by atoms with Crippen LogP contribution in [0, 0.1) is 0 Å². The summed E-state index contributed by atoms with van der Waals surface area (Å²) in [4.78, 5) is 27.8. The van der Waals surface area contributed by atoms with Crippen molar-refractivity contribution >= 4 is 23.2 Å². The highest BCUT2D eigenvalue weighted by molar-refractivity contribution is 5.99. The SMILES string of the molecule is CCC(C)(C)NC(=O)CO/N=C(\C)c1ccc(NC(C)=O)cc1. The molecule has 0 fully saturated rings. The summed E-state index contributed by atoms with van der Waals surface area (Å²) in [5.74, 6) is -0.318. The van der Waals surface area contributed by atoms with Crippen molar-refractivity contribution in [3.63, 3.8) is 0 Å². The number of carbonyl (C=O) groups is 2. The minimum absolute atomic E-state index is 0.118. The van der Waals surface area contributed by atoms with Crippen LogP contribution >= 0.6 is 0 Å². The van der Waals surface area contributed by atoms with Gasteiger partial charge >= 0.3 is 0 Å². The average Bonchev–Trinajstić information content (AvgIpc) is 2.46. The van der Waals surface area contributed by atoms with E-state index in [0.717, 1.165) is 17.7 Å². The number of oxime groups is 1. The van der Waals surface area contributed by atoms with E-state index in [1.54, 1.807) is 19.1 Å². The molecule has 2 amide bonds. The second kappa shape index (κ2) is 8.31. The van der Waals surface area contributed by atoms with Crippen LogP contribution < -0.4 is 10.6 Å². The molecule has 0 unspecified atom stereocenters. The zero-order chi connectivity index (χ0) is 17.5. The second-order valence-electron chi connectivity index (χ2n) is 5.99. The Morgan fingerprint density at radius 1 is 1.17 bits per heavy atom. The van der Waals surface area contributed by atoms with Crippen LogP contribution in [0.3, 0.4) is 0 Å². The van der Waals surface area contributed by atoms with E-state index >= 15 is 0 Å². The zero-order valence-corrected chi connectivity index (χ0v) is 14.4. The molecule has 2 N–H and O–H groups in total. The first-order valence-corrected chi connectivity index (χ1v) is 7.59. The van der Waals surface area contributed by atoms with E-state index in [9.17, 15) is 9.59 Å². The molecule has 1 aromatic rings. The molecule has 0 saturated heterocycles. The number of carbonyl (C=O) groups excluding carboxylic acids is 2. The topological polar surface area (TPSA) is 79.8 Å². The number of amides is 2. The normalized spacial score (nSPS) is 11.8. The third-order valence-electron chi connectivity index (χ3n) is 3.38. The van der Waals surface area contributed by atoms with E-state index < -0.39 is 0 Å². The van der Waals surface area contributed by atoms with Crippen LogP contribution in [0.25, 0.3) is 0 Å². The van der Waals surface area contributed by atoms with Gasteiger partial charge in [-0.05, 0) is 44.9 Å². The standard InChI is InChI=1S/C17H25N3O3/c1-6-17(4,5)19-16(22)11-23-20-12(2)14-7-9-15(10-8-14)18-13(3)21/h7-10H,6,11H2,1-5H3,(H,18,21)(H,19,22)/b20-12+. The summed E-state index contributed by atoms with van der Waals surface area (Å²) in [5, 5.41) is 9.51. The van der Waals surface area contributed by atoms with Crippen molar-refractivity contribution in [3.05, 3.63) is 29.8 Å². The minimum Gasteiger partial charge on any atom is -0.385 e. The second-order valence-corrected chi connectivity index (χ2v) is 5.99. The molecule has 0 aliphatic rings. The maximum Gasteiger partial charge on any atom is 0.261 e. The van der Waals surface area contributed by atoms with Gasteiger partial charge in [0.15, 0.2) is 6.61 Å². The summed E-state index contributed by atoms with van der Waals surface area (Å²) in [6.07, 6.45) is 0.835. The quantitative estimate of drug-likeness (QED) is 0.599. The number of rotatable bonds is 7. The third-order valence-corrected chi connectivity index (χ3v) is 3.38. The van der Waals surface area contributed by atoms with Gasteiger partial charge < -0.3 is 15.5 Å². The van der Waals surface area contributed by atoms with Crippen molar-refractivity contribution in [2.45, 2.75) is 46.6 Å². The van der Waals surface area contributed by atoms with Gasteiger partial charge in [-0.25, -0.2) is 0 Å². The first-order valence-electron chi connectivity index (χ1n) is 7.59. The summed E-state index contributed by atoms with van der Waals surface area (Å²) in [5.41, 5.74) is 1.98. The van der Waals surface area contributed by atoms with E-state index in [-0.39, 0.29) is 24.0 Å². The highest BCUT2D eigenvalue weighted by Crippen LogP contribution is 2.10. The molecule has 6 heteroatoms. The summed E-state index contributed by atoms with van der Waals surface area (Å²) < 4.78 is 0. The number of hydrogen-bond acceptors (Lipinski definition) is 4. The van der Waals surface area contributed by atoms with Crippen molar-refractivity contribution in [3.8, 4) is 0 Å². The largest absolute Gasteiger partial charge is 0.385 e. The smallest absolute Gasteiger partial charge is 0.261 e. The molecule has 1 aromatic carbocycles. The van der Waals surface area contributed by atoms with Gasteiger partial charge in [0.2, 0.25) is 5.91 Å². The highest BCUT2D eigenvalue weighted by Gasteiger charge is 2.17. The van der Waals surface area contributed by atoms with Crippen LogP contribution in [-0.2, 0) is 14.4 Å². The molecule has 0 aliphatic carbocycles. The van der Waals surface area contributed by atoms with Gasteiger partial charge in [-0.3, -0.25) is 9.59 Å². The number of nitrogens with zero attached hydrogens (tertiary/aromatic N) is 1. The molecule has 0 aliphatic heterocycles. The lowest BCUT2D eigenvalue weighted by molar-refractivity contribution is -0.127.